The van der Waals surface area contributed by atoms with Crippen LogP contribution in [0.2, 0.25) is 15.1 Å². The van der Waals surface area contributed by atoms with Crippen LogP contribution in [0.1, 0.15) is 27.0 Å². The summed E-state index contributed by atoms with van der Waals surface area (Å²) < 4.78 is 0. The highest BCUT2D eigenvalue weighted by atomic mass is 35.5. The number of nitrogens with zero attached hydrogens (tertiary/aromatic N) is 1. The van der Waals surface area contributed by atoms with E-state index in [9.17, 15) is 9.59 Å². The van der Waals surface area contributed by atoms with Crippen LogP contribution in [0.25, 0.3) is 0 Å². The molecule has 0 unspecified atom stereocenters. The van der Waals surface area contributed by atoms with Crippen molar-refractivity contribution in [1.82, 2.24) is 10.2 Å². The first-order valence-corrected chi connectivity index (χ1v) is 8.40. The van der Waals surface area contributed by atoms with E-state index in [4.69, 9.17) is 34.8 Å². The third kappa shape index (κ3) is 3.93. The van der Waals surface area contributed by atoms with Crippen molar-refractivity contribution in [3.05, 3.63) is 96.3 Å². The predicted molar refractivity (Wildman–Crippen MR) is 99.0 cm³/mol. The monoisotopic (exact) mass is 392 g/mol. The van der Waals surface area contributed by atoms with Crippen molar-refractivity contribution >= 4 is 40.6 Å². The number of benzene rings is 2. The minimum absolute atomic E-state index is 0.193. The van der Waals surface area contributed by atoms with Crippen molar-refractivity contribution in [3.63, 3.8) is 0 Å². The fourth-order valence-corrected chi connectivity index (χ4v) is 3.44. The van der Waals surface area contributed by atoms with Gasteiger partial charge in [0.15, 0.2) is 5.78 Å². The number of nitrogens with one attached hydrogen (secondary N) is 1. The van der Waals surface area contributed by atoms with Gasteiger partial charge in [0.2, 0.25) is 0 Å². The number of hydrogen-bond acceptors (Lipinski definition) is 3. The summed E-state index contributed by atoms with van der Waals surface area (Å²) in [5, 5.41) is 6.80. The summed E-state index contributed by atoms with van der Waals surface area (Å²) in [7, 11) is 0. The molecule has 1 aromatic heterocycles. The number of aromatic nitrogens is 2. The lowest BCUT2D eigenvalue weighted by molar-refractivity contribution is 0.103. The molecule has 0 saturated heterocycles. The zero-order valence-electron chi connectivity index (χ0n) is 12.7. The van der Waals surface area contributed by atoms with Crippen molar-refractivity contribution in [1.29, 1.82) is 0 Å². The number of ketones is 1. The van der Waals surface area contributed by atoms with Crippen molar-refractivity contribution in [2.75, 3.05) is 0 Å². The molecule has 25 heavy (non-hydrogen) atoms. The van der Waals surface area contributed by atoms with E-state index in [1.165, 1.54) is 18.3 Å². The van der Waals surface area contributed by atoms with Crippen molar-refractivity contribution in [2.24, 2.45) is 0 Å². The van der Waals surface area contributed by atoms with Crippen LogP contribution in [0.4, 0.5) is 0 Å². The summed E-state index contributed by atoms with van der Waals surface area (Å²) in [5.74, 6) is -0.308. The van der Waals surface area contributed by atoms with Gasteiger partial charge in [-0.1, -0.05) is 53.0 Å². The maximum atomic E-state index is 12.8. The number of carbonyl (C=O) groups is 1. The fourth-order valence-electron chi connectivity index (χ4n) is 2.46. The Bertz CT molecular complexity index is 992. The van der Waals surface area contributed by atoms with Crippen molar-refractivity contribution < 1.29 is 4.79 Å². The minimum Gasteiger partial charge on any atom is -0.288 e. The van der Waals surface area contributed by atoms with Crippen LogP contribution in [0, 0.1) is 0 Å². The molecule has 0 atom stereocenters. The molecule has 0 aliphatic rings. The standard InChI is InChI=1S/C18H11Cl3N2O2/c19-13-8-14(20)16(15(21)9-13)17(24)11-3-1-2-10(6-11)7-12-4-5-22-23-18(12)25/h1-6,8-9H,7H2,(H,23,25). The first kappa shape index (κ1) is 17.7. The second-order valence-corrected chi connectivity index (χ2v) is 6.61. The summed E-state index contributed by atoms with van der Waals surface area (Å²) in [6.07, 6.45) is 1.89. The third-order valence-electron chi connectivity index (χ3n) is 3.63. The number of carbonyl (C=O) groups excluding carboxylic acids is 1. The first-order valence-electron chi connectivity index (χ1n) is 7.26. The zero-order valence-corrected chi connectivity index (χ0v) is 15.0. The molecule has 0 aliphatic heterocycles. The van der Waals surface area contributed by atoms with Gasteiger partial charge < -0.3 is 0 Å². The second kappa shape index (κ2) is 7.40. The molecular formula is C18H11Cl3N2O2. The maximum absolute atomic E-state index is 12.8. The van der Waals surface area contributed by atoms with Gasteiger partial charge in [0, 0.05) is 28.8 Å². The van der Waals surface area contributed by atoms with Gasteiger partial charge in [-0.3, -0.25) is 9.59 Å². The Morgan fingerprint density at radius 2 is 1.76 bits per heavy atom. The molecule has 126 valence electrons. The zero-order chi connectivity index (χ0) is 18.0. The summed E-state index contributed by atoms with van der Waals surface area (Å²) >= 11 is 18.1. The molecular weight excluding hydrogens is 383 g/mol. The van der Waals surface area contributed by atoms with Gasteiger partial charge in [0.1, 0.15) is 0 Å². The van der Waals surface area contributed by atoms with Crippen molar-refractivity contribution in [3.8, 4) is 0 Å². The summed E-state index contributed by atoms with van der Waals surface area (Å²) in [5.41, 5.74) is 1.73. The van der Waals surface area contributed by atoms with Crippen LogP contribution in [-0.4, -0.2) is 16.0 Å². The lowest BCUT2D eigenvalue weighted by atomic mass is 9.99. The Morgan fingerprint density at radius 1 is 1.04 bits per heavy atom. The molecule has 3 rings (SSSR count). The van der Waals surface area contributed by atoms with Crippen LogP contribution in [0.5, 0.6) is 0 Å². The van der Waals surface area contributed by atoms with E-state index in [-0.39, 0.29) is 27.0 Å². The molecule has 0 spiro atoms. The van der Waals surface area contributed by atoms with Gasteiger partial charge in [0.25, 0.3) is 5.56 Å². The normalized spacial score (nSPS) is 10.7. The van der Waals surface area contributed by atoms with Crippen LogP contribution < -0.4 is 5.56 Å². The number of halogens is 3. The van der Waals surface area contributed by atoms with Crippen LogP contribution in [-0.2, 0) is 6.42 Å². The Morgan fingerprint density at radius 3 is 2.44 bits per heavy atom. The first-order chi connectivity index (χ1) is 12.0. The summed E-state index contributed by atoms with van der Waals surface area (Å²) in [4.78, 5) is 24.5. The molecule has 3 aromatic rings. The Labute approximate surface area is 158 Å². The Kier molecular flexibility index (Phi) is 5.23. The minimum atomic E-state index is -0.308. The van der Waals surface area contributed by atoms with E-state index in [1.807, 2.05) is 6.07 Å². The summed E-state index contributed by atoms with van der Waals surface area (Å²) in [6.45, 7) is 0. The topological polar surface area (TPSA) is 62.8 Å². The van der Waals surface area contributed by atoms with E-state index in [2.05, 4.69) is 10.2 Å². The smallest absolute Gasteiger partial charge is 0.267 e. The Hall–Kier alpha value is -2.14. The van der Waals surface area contributed by atoms with Crippen LogP contribution in [0.3, 0.4) is 0 Å². The van der Waals surface area contributed by atoms with Gasteiger partial charge in [0.05, 0.1) is 15.6 Å². The van der Waals surface area contributed by atoms with E-state index >= 15 is 0 Å². The van der Waals surface area contributed by atoms with Gasteiger partial charge in [-0.05, 0) is 29.8 Å². The fraction of sp³-hybridized carbons (Fsp3) is 0.0556. The van der Waals surface area contributed by atoms with Gasteiger partial charge >= 0.3 is 0 Å². The summed E-state index contributed by atoms with van der Waals surface area (Å²) in [6, 6.07) is 11.6. The van der Waals surface area contributed by atoms with Gasteiger partial charge in [-0.15, -0.1) is 0 Å². The van der Waals surface area contributed by atoms with Crippen LogP contribution in [0.15, 0.2) is 53.5 Å². The molecule has 0 aliphatic carbocycles. The highest BCUT2D eigenvalue weighted by Crippen LogP contribution is 2.31. The third-order valence-corrected chi connectivity index (χ3v) is 4.44. The average Bonchev–Trinajstić information content (AvgIpc) is 2.56. The molecule has 0 saturated carbocycles. The molecule has 0 fully saturated rings. The molecule has 7 heteroatoms. The number of hydrogen-bond donors (Lipinski definition) is 1. The quantitative estimate of drug-likeness (QED) is 0.661. The highest BCUT2D eigenvalue weighted by molar-refractivity contribution is 6.43. The lowest BCUT2D eigenvalue weighted by Crippen LogP contribution is -2.13. The molecule has 4 nitrogen and oxygen atoms in total. The van der Waals surface area contributed by atoms with Gasteiger partial charge in [-0.25, -0.2) is 5.10 Å². The second-order valence-electron chi connectivity index (χ2n) is 5.36. The predicted octanol–water partition coefficient (Wildman–Crippen LogP) is 4.55. The Balaban J connectivity index is 1.96. The van der Waals surface area contributed by atoms with E-state index in [0.717, 1.165) is 5.56 Å². The van der Waals surface area contributed by atoms with E-state index in [0.29, 0.717) is 22.6 Å². The van der Waals surface area contributed by atoms with E-state index in [1.54, 1.807) is 24.3 Å². The van der Waals surface area contributed by atoms with E-state index < -0.39 is 0 Å². The molecule has 0 bridgehead atoms. The van der Waals surface area contributed by atoms with Crippen molar-refractivity contribution in [2.45, 2.75) is 6.42 Å². The average molecular weight is 394 g/mol. The molecule has 1 heterocycles. The maximum Gasteiger partial charge on any atom is 0.267 e. The number of rotatable bonds is 4. The molecule has 2 aromatic carbocycles. The molecule has 0 radical (unpaired) electrons. The number of aromatic amines is 1. The molecule has 0 amide bonds. The lowest BCUT2D eigenvalue weighted by Gasteiger charge is -2.08. The number of H-pyrrole nitrogens is 1. The highest BCUT2D eigenvalue weighted by Gasteiger charge is 2.18. The largest absolute Gasteiger partial charge is 0.288 e. The van der Waals surface area contributed by atoms with Gasteiger partial charge in [-0.2, -0.15) is 5.10 Å². The molecule has 1 N–H and O–H groups in total. The SMILES string of the molecule is O=C(c1cccc(Cc2ccn[nH]c2=O)c1)c1c(Cl)cc(Cl)cc1Cl. The van der Waals surface area contributed by atoms with Crippen LogP contribution >= 0.6 is 34.8 Å².